The zero-order valence-corrected chi connectivity index (χ0v) is 19.3. The topological polar surface area (TPSA) is 54.5 Å². The van der Waals surface area contributed by atoms with Crippen molar-refractivity contribution in [1.82, 2.24) is 15.2 Å². The number of piperidine rings is 1. The summed E-state index contributed by atoms with van der Waals surface area (Å²) in [6.07, 6.45) is 5.82. The highest BCUT2D eigenvalue weighted by Gasteiger charge is 2.27. The number of methoxy groups -OCH3 is 1. The van der Waals surface area contributed by atoms with Crippen molar-refractivity contribution >= 4 is 5.91 Å². The summed E-state index contributed by atoms with van der Waals surface area (Å²) < 4.78 is 5.29. The van der Waals surface area contributed by atoms with Gasteiger partial charge in [0.15, 0.2) is 0 Å². The van der Waals surface area contributed by atoms with Gasteiger partial charge in [-0.05, 0) is 80.7 Å². The predicted octanol–water partition coefficient (Wildman–Crippen LogP) is 4.64. The molecule has 1 fully saturated rings. The van der Waals surface area contributed by atoms with Gasteiger partial charge in [0.05, 0.1) is 18.8 Å². The Hall–Kier alpha value is -3.18. The molecule has 0 radical (unpaired) electrons. The lowest BCUT2D eigenvalue weighted by Gasteiger charge is -2.32. The van der Waals surface area contributed by atoms with E-state index in [2.05, 4.69) is 45.5 Å². The van der Waals surface area contributed by atoms with Crippen molar-refractivity contribution < 1.29 is 9.53 Å². The van der Waals surface area contributed by atoms with Crippen molar-refractivity contribution in [2.75, 3.05) is 26.7 Å². The van der Waals surface area contributed by atoms with Crippen molar-refractivity contribution in [3.05, 3.63) is 95.8 Å². The molecular weight excluding hydrogens is 410 g/mol. The molecule has 0 bridgehead atoms. The molecule has 1 aliphatic heterocycles. The van der Waals surface area contributed by atoms with E-state index in [4.69, 9.17) is 4.74 Å². The number of carbonyl (C=O) groups is 1. The van der Waals surface area contributed by atoms with Crippen LogP contribution < -0.4 is 10.1 Å². The van der Waals surface area contributed by atoms with Crippen molar-refractivity contribution in [3.63, 3.8) is 0 Å². The summed E-state index contributed by atoms with van der Waals surface area (Å²) in [5, 5.41) is 3.28. The van der Waals surface area contributed by atoms with Crippen LogP contribution in [0.25, 0.3) is 0 Å². The van der Waals surface area contributed by atoms with Gasteiger partial charge in [-0.3, -0.25) is 9.78 Å². The fourth-order valence-corrected chi connectivity index (χ4v) is 4.50. The quantitative estimate of drug-likeness (QED) is 0.523. The van der Waals surface area contributed by atoms with Crippen LogP contribution in [0.3, 0.4) is 0 Å². The van der Waals surface area contributed by atoms with Crippen molar-refractivity contribution in [1.29, 1.82) is 0 Å². The molecule has 5 nitrogen and oxygen atoms in total. The first-order valence-electron chi connectivity index (χ1n) is 11.8. The van der Waals surface area contributed by atoms with Crippen LogP contribution in [0.1, 0.15) is 42.1 Å². The largest absolute Gasteiger partial charge is 0.497 e. The molecule has 2 heterocycles. The maximum atomic E-state index is 13.2. The normalized spacial score (nSPS) is 15.7. The Morgan fingerprint density at radius 3 is 2.42 bits per heavy atom. The number of ether oxygens (including phenoxy) is 1. The van der Waals surface area contributed by atoms with Crippen LogP contribution in [0.2, 0.25) is 0 Å². The molecule has 1 atom stereocenters. The number of hydrogen-bond donors (Lipinski definition) is 1. The van der Waals surface area contributed by atoms with E-state index >= 15 is 0 Å². The fourth-order valence-electron chi connectivity index (χ4n) is 4.50. The van der Waals surface area contributed by atoms with E-state index in [1.807, 2.05) is 42.5 Å². The summed E-state index contributed by atoms with van der Waals surface area (Å²) in [5.74, 6) is 0.953. The van der Waals surface area contributed by atoms with Gasteiger partial charge < -0.3 is 15.0 Å². The molecule has 1 aliphatic rings. The minimum absolute atomic E-state index is 0.0415. The van der Waals surface area contributed by atoms with Gasteiger partial charge in [0.25, 0.3) is 0 Å². The smallest absolute Gasteiger partial charge is 0.224 e. The zero-order valence-electron chi connectivity index (χ0n) is 19.3. The van der Waals surface area contributed by atoms with Gasteiger partial charge in [-0.25, -0.2) is 0 Å². The third kappa shape index (κ3) is 6.42. The standard InChI is InChI=1S/C28H33N3O2/c1-33-25-14-12-23(13-15-25)27(26-11-5-6-18-29-26)30-28(32)24-16-20-31(21-17-24)19-7-10-22-8-3-2-4-9-22/h2-6,8-9,11-15,18,24,27H,7,10,16-17,19-21H2,1H3,(H,30,32). The Balaban J connectivity index is 1.32. The zero-order chi connectivity index (χ0) is 22.9. The molecular formula is C28H33N3O2. The second kappa shape index (κ2) is 11.6. The first-order valence-corrected chi connectivity index (χ1v) is 11.8. The Kier molecular flexibility index (Phi) is 8.09. The van der Waals surface area contributed by atoms with Gasteiger partial charge in [0, 0.05) is 12.1 Å². The molecule has 1 unspecified atom stereocenters. The fraction of sp³-hybridized carbons (Fsp3) is 0.357. The van der Waals surface area contributed by atoms with E-state index < -0.39 is 0 Å². The van der Waals surface area contributed by atoms with Gasteiger partial charge in [0.1, 0.15) is 5.75 Å². The molecule has 172 valence electrons. The Bertz CT molecular complexity index is 985. The van der Waals surface area contributed by atoms with Crippen molar-refractivity contribution in [2.24, 2.45) is 5.92 Å². The van der Waals surface area contributed by atoms with Crippen molar-refractivity contribution in [2.45, 2.75) is 31.7 Å². The molecule has 1 amide bonds. The van der Waals surface area contributed by atoms with E-state index in [0.29, 0.717) is 0 Å². The van der Waals surface area contributed by atoms with Crippen LogP contribution in [-0.4, -0.2) is 42.5 Å². The number of carbonyl (C=O) groups excluding carboxylic acids is 1. The number of hydrogen-bond acceptors (Lipinski definition) is 4. The van der Waals surface area contributed by atoms with E-state index in [0.717, 1.165) is 62.3 Å². The van der Waals surface area contributed by atoms with E-state index in [-0.39, 0.29) is 17.9 Å². The summed E-state index contributed by atoms with van der Waals surface area (Å²) in [5.41, 5.74) is 3.24. The maximum Gasteiger partial charge on any atom is 0.224 e. The highest BCUT2D eigenvalue weighted by Crippen LogP contribution is 2.25. The van der Waals surface area contributed by atoms with E-state index in [1.54, 1.807) is 13.3 Å². The van der Waals surface area contributed by atoms with Crippen LogP contribution in [0.15, 0.2) is 79.0 Å². The number of pyridine rings is 1. The number of rotatable bonds is 9. The monoisotopic (exact) mass is 443 g/mol. The molecule has 2 aromatic carbocycles. The van der Waals surface area contributed by atoms with E-state index in [1.165, 1.54) is 5.56 Å². The molecule has 0 aliphatic carbocycles. The first kappa shape index (κ1) is 23.0. The minimum Gasteiger partial charge on any atom is -0.497 e. The highest BCUT2D eigenvalue weighted by atomic mass is 16.5. The van der Waals surface area contributed by atoms with Crippen molar-refractivity contribution in [3.8, 4) is 5.75 Å². The Labute approximate surface area is 196 Å². The third-order valence-corrected chi connectivity index (χ3v) is 6.46. The number of amides is 1. The minimum atomic E-state index is -0.270. The predicted molar refractivity (Wildman–Crippen MR) is 131 cm³/mol. The lowest BCUT2D eigenvalue weighted by molar-refractivity contribution is -0.127. The molecule has 1 N–H and O–H groups in total. The van der Waals surface area contributed by atoms with Crippen LogP contribution in [0.4, 0.5) is 0 Å². The first-order chi connectivity index (χ1) is 16.2. The lowest BCUT2D eigenvalue weighted by atomic mass is 9.94. The lowest BCUT2D eigenvalue weighted by Crippen LogP contribution is -2.42. The third-order valence-electron chi connectivity index (χ3n) is 6.46. The second-order valence-corrected chi connectivity index (χ2v) is 8.67. The number of aromatic nitrogens is 1. The second-order valence-electron chi connectivity index (χ2n) is 8.67. The molecule has 1 aromatic heterocycles. The summed E-state index contributed by atoms with van der Waals surface area (Å²) in [7, 11) is 1.65. The Morgan fingerprint density at radius 1 is 1.03 bits per heavy atom. The maximum absolute atomic E-state index is 13.2. The number of benzene rings is 2. The Morgan fingerprint density at radius 2 is 1.76 bits per heavy atom. The van der Waals surface area contributed by atoms with Crippen LogP contribution in [0.5, 0.6) is 5.75 Å². The molecule has 1 saturated heterocycles. The molecule has 5 heteroatoms. The number of nitrogens with zero attached hydrogens (tertiary/aromatic N) is 2. The molecule has 33 heavy (non-hydrogen) atoms. The molecule has 3 aromatic rings. The number of likely N-dealkylation sites (tertiary alicyclic amines) is 1. The molecule has 0 spiro atoms. The molecule has 4 rings (SSSR count). The number of aryl methyl sites for hydroxylation is 1. The van der Waals surface area contributed by atoms with Gasteiger partial charge in [-0.2, -0.15) is 0 Å². The van der Waals surface area contributed by atoms with Crippen LogP contribution in [-0.2, 0) is 11.2 Å². The molecule has 0 saturated carbocycles. The summed E-state index contributed by atoms with van der Waals surface area (Å²) in [6, 6.07) is 24.0. The summed E-state index contributed by atoms with van der Waals surface area (Å²) in [4.78, 5) is 20.2. The van der Waals surface area contributed by atoms with Gasteiger partial charge in [-0.15, -0.1) is 0 Å². The summed E-state index contributed by atoms with van der Waals surface area (Å²) >= 11 is 0. The van der Waals surface area contributed by atoms with Gasteiger partial charge >= 0.3 is 0 Å². The van der Waals surface area contributed by atoms with Gasteiger partial charge in [-0.1, -0.05) is 48.5 Å². The summed E-state index contributed by atoms with van der Waals surface area (Å²) in [6.45, 7) is 3.04. The van der Waals surface area contributed by atoms with Crippen LogP contribution in [0, 0.1) is 5.92 Å². The average Bonchev–Trinajstić information content (AvgIpc) is 2.89. The highest BCUT2D eigenvalue weighted by molar-refractivity contribution is 5.79. The SMILES string of the molecule is COc1ccc(C(NC(=O)C2CCN(CCCc3ccccc3)CC2)c2ccccn2)cc1. The van der Waals surface area contributed by atoms with Crippen LogP contribution >= 0.6 is 0 Å². The number of nitrogens with one attached hydrogen (secondary N) is 1. The average molecular weight is 444 g/mol. The van der Waals surface area contributed by atoms with Gasteiger partial charge in [0.2, 0.25) is 5.91 Å². The van der Waals surface area contributed by atoms with E-state index in [9.17, 15) is 4.79 Å².